The number of hydrogen-bond donors (Lipinski definition) is 2. The highest BCUT2D eigenvalue weighted by Gasteiger charge is 2.19. The molecule has 0 bridgehead atoms. The zero-order valence-electron chi connectivity index (χ0n) is 9.46. The second-order valence-corrected chi connectivity index (χ2v) is 4.38. The highest BCUT2D eigenvalue weighted by Crippen LogP contribution is 2.20. The number of rotatable bonds is 4. The summed E-state index contributed by atoms with van der Waals surface area (Å²) in [5, 5.41) is 23.1. The summed E-state index contributed by atoms with van der Waals surface area (Å²) in [6.45, 7) is 0.495. The first-order valence-corrected chi connectivity index (χ1v) is 5.79. The lowest BCUT2D eigenvalue weighted by Gasteiger charge is -2.25. The summed E-state index contributed by atoms with van der Waals surface area (Å²) in [5.41, 5.74) is 0. The molecule has 17 heavy (non-hydrogen) atoms. The van der Waals surface area contributed by atoms with Gasteiger partial charge in [0.15, 0.2) is 0 Å². The van der Waals surface area contributed by atoms with Gasteiger partial charge in [0.25, 0.3) is 0 Å². The maximum absolute atomic E-state index is 10.4. The average molecular weight is 240 g/mol. The monoisotopic (exact) mass is 240 g/mol. The van der Waals surface area contributed by atoms with Gasteiger partial charge in [-0.25, -0.2) is 0 Å². The molecule has 2 rings (SSSR count). The molecule has 1 aromatic heterocycles. The maximum Gasteiger partial charge on any atom is 0.433 e. The second-order valence-electron chi connectivity index (χ2n) is 4.38. The number of hydrogen-bond acceptors (Lipinski definition) is 5. The molecule has 0 atom stereocenters. The van der Waals surface area contributed by atoms with E-state index in [1.54, 1.807) is 6.07 Å². The lowest BCUT2D eigenvalue weighted by Crippen LogP contribution is -2.34. The SMILES string of the molecule is O=[N+]([O-])c1ccc(CNC2CCC(O)CC2)o1. The van der Waals surface area contributed by atoms with Crippen LogP contribution in [-0.2, 0) is 6.54 Å². The third kappa shape index (κ3) is 3.28. The van der Waals surface area contributed by atoms with Gasteiger partial charge in [0.2, 0.25) is 0 Å². The standard InChI is InChI=1S/C11H16N2O4/c14-9-3-1-8(2-4-9)12-7-10-5-6-11(17-10)13(15)16/h5-6,8-9,12,14H,1-4,7H2. The van der Waals surface area contributed by atoms with Crippen molar-refractivity contribution in [3.63, 3.8) is 0 Å². The average Bonchev–Trinajstić information content (AvgIpc) is 2.77. The third-order valence-corrected chi connectivity index (χ3v) is 3.09. The molecular formula is C11H16N2O4. The van der Waals surface area contributed by atoms with Crippen molar-refractivity contribution in [1.29, 1.82) is 0 Å². The number of nitrogens with zero attached hydrogens (tertiary/aromatic N) is 1. The first kappa shape index (κ1) is 12.1. The van der Waals surface area contributed by atoms with Gasteiger partial charge < -0.3 is 14.8 Å². The van der Waals surface area contributed by atoms with Gasteiger partial charge in [0.1, 0.15) is 10.7 Å². The molecule has 1 aliphatic carbocycles. The summed E-state index contributed by atoms with van der Waals surface area (Å²) >= 11 is 0. The Hall–Kier alpha value is -1.40. The molecule has 0 amide bonds. The fraction of sp³-hybridized carbons (Fsp3) is 0.636. The molecule has 0 saturated heterocycles. The Kier molecular flexibility index (Phi) is 3.75. The quantitative estimate of drug-likeness (QED) is 0.616. The Morgan fingerprint density at radius 3 is 2.71 bits per heavy atom. The van der Waals surface area contributed by atoms with Crippen molar-refractivity contribution in [1.82, 2.24) is 5.32 Å². The van der Waals surface area contributed by atoms with E-state index in [2.05, 4.69) is 5.32 Å². The van der Waals surface area contributed by atoms with E-state index in [1.165, 1.54) is 6.07 Å². The minimum Gasteiger partial charge on any atom is -0.404 e. The molecule has 0 aromatic carbocycles. The predicted octanol–water partition coefficient (Wildman–Crippen LogP) is 1.58. The van der Waals surface area contributed by atoms with Crippen molar-refractivity contribution in [2.75, 3.05) is 0 Å². The molecule has 1 heterocycles. The van der Waals surface area contributed by atoms with Gasteiger partial charge in [0.05, 0.1) is 18.7 Å². The van der Waals surface area contributed by atoms with Crippen LogP contribution in [-0.4, -0.2) is 22.2 Å². The highest BCUT2D eigenvalue weighted by atomic mass is 16.6. The van der Waals surface area contributed by atoms with Gasteiger partial charge >= 0.3 is 5.88 Å². The van der Waals surface area contributed by atoms with E-state index in [4.69, 9.17) is 4.42 Å². The van der Waals surface area contributed by atoms with E-state index in [9.17, 15) is 15.2 Å². The van der Waals surface area contributed by atoms with Crippen molar-refractivity contribution >= 4 is 5.88 Å². The lowest BCUT2D eigenvalue weighted by molar-refractivity contribution is -0.402. The minimum atomic E-state index is -0.541. The van der Waals surface area contributed by atoms with Crippen LogP contribution < -0.4 is 5.32 Å². The molecule has 6 heteroatoms. The fourth-order valence-electron chi connectivity index (χ4n) is 2.08. The van der Waals surface area contributed by atoms with Crippen LogP contribution in [0.2, 0.25) is 0 Å². The third-order valence-electron chi connectivity index (χ3n) is 3.09. The normalized spacial score (nSPS) is 24.8. The van der Waals surface area contributed by atoms with E-state index in [0.29, 0.717) is 18.3 Å². The molecule has 2 N–H and O–H groups in total. The zero-order valence-corrected chi connectivity index (χ0v) is 9.46. The molecule has 0 radical (unpaired) electrons. The van der Waals surface area contributed by atoms with E-state index >= 15 is 0 Å². The Morgan fingerprint density at radius 1 is 1.41 bits per heavy atom. The molecule has 1 aliphatic rings. The van der Waals surface area contributed by atoms with Crippen molar-refractivity contribution in [3.8, 4) is 0 Å². The minimum absolute atomic E-state index is 0.169. The summed E-state index contributed by atoms with van der Waals surface area (Å²) in [6.07, 6.45) is 3.33. The van der Waals surface area contributed by atoms with Gasteiger partial charge in [0, 0.05) is 6.04 Å². The topological polar surface area (TPSA) is 88.5 Å². The molecule has 1 aromatic rings. The second kappa shape index (κ2) is 5.29. The predicted molar refractivity (Wildman–Crippen MR) is 60.5 cm³/mol. The maximum atomic E-state index is 10.4. The van der Waals surface area contributed by atoms with Crippen LogP contribution in [0.25, 0.3) is 0 Å². The van der Waals surface area contributed by atoms with Crippen LogP contribution in [0.15, 0.2) is 16.5 Å². The number of aliphatic hydroxyl groups excluding tert-OH is 1. The first-order valence-electron chi connectivity index (χ1n) is 5.79. The largest absolute Gasteiger partial charge is 0.433 e. The molecule has 1 saturated carbocycles. The van der Waals surface area contributed by atoms with Crippen molar-refractivity contribution in [3.05, 3.63) is 28.0 Å². The summed E-state index contributed by atoms with van der Waals surface area (Å²) in [4.78, 5) is 9.88. The Balaban J connectivity index is 1.79. The van der Waals surface area contributed by atoms with E-state index in [-0.39, 0.29) is 12.0 Å². The van der Waals surface area contributed by atoms with Crippen LogP contribution in [0, 0.1) is 10.1 Å². The zero-order chi connectivity index (χ0) is 12.3. The Labute approximate surface area is 98.8 Å². The first-order chi connectivity index (χ1) is 8.15. The lowest BCUT2D eigenvalue weighted by atomic mass is 9.93. The smallest absolute Gasteiger partial charge is 0.404 e. The van der Waals surface area contributed by atoms with E-state index in [0.717, 1.165) is 25.7 Å². The summed E-state index contributed by atoms with van der Waals surface area (Å²) < 4.78 is 5.05. The van der Waals surface area contributed by atoms with Crippen LogP contribution in [0.5, 0.6) is 0 Å². The van der Waals surface area contributed by atoms with Crippen molar-refractivity contribution < 1.29 is 14.4 Å². The molecular weight excluding hydrogens is 224 g/mol. The van der Waals surface area contributed by atoms with Crippen LogP contribution in [0.1, 0.15) is 31.4 Å². The van der Waals surface area contributed by atoms with Crippen LogP contribution in [0.4, 0.5) is 5.88 Å². The number of nitro groups is 1. The van der Waals surface area contributed by atoms with E-state index in [1.807, 2.05) is 0 Å². The number of furan rings is 1. The van der Waals surface area contributed by atoms with E-state index < -0.39 is 4.92 Å². The van der Waals surface area contributed by atoms with Crippen LogP contribution >= 0.6 is 0 Å². The summed E-state index contributed by atoms with van der Waals surface area (Å²) in [7, 11) is 0. The number of aliphatic hydroxyl groups is 1. The summed E-state index contributed by atoms with van der Waals surface area (Å²) in [6, 6.07) is 3.34. The fourth-order valence-corrected chi connectivity index (χ4v) is 2.08. The molecule has 94 valence electrons. The van der Waals surface area contributed by atoms with Crippen LogP contribution in [0.3, 0.4) is 0 Å². The summed E-state index contributed by atoms with van der Waals surface area (Å²) in [5.74, 6) is 0.351. The molecule has 1 fully saturated rings. The van der Waals surface area contributed by atoms with Gasteiger partial charge in [-0.2, -0.15) is 0 Å². The van der Waals surface area contributed by atoms with Gasteiger partial charge in [-0.1, -0.05) is 0 Å². The molecule has 0 aliphatic heterocycles. The highest BCUT2D eigenvalue weighted by molar-refractivity contribution is 5.17. The van der Waals surface area contributed by atoms with Gasteiger partial charge in [-0.05, 0) is 31.7 Å². The molecule has 0 spiro atoms. The van der Waals surface area contributed by atoms with Crippen molar-refractivity contribution in [2.45, 2.75) is 44.4 Å². The Morgan fingerprint density at radius 2 is 2.12 bits per heavy atom. The molecule has 0 unspecified atom stereocenters. The van der Waals surface area contributed by atoms with Gasteiger partial charge in [-0.15, -0.1) is 0 Å². The number of nitrogens with one attached hydrogen (secondary N) is 1. The molecule has 6 nitrogen and oxygen atoms in total. The van der Waals surface area contributed by atoms with Gasteiger partial charge in [-0.3, -0.25) is 10.1 Å². The van der Waals surface area contributed by atoms with Crippen molar-refractivity contribution in [2.24, 2.45) is 0 Å². The Bertz CT molecular complexity index is 383.